The highest BCUT2D eigenvalue weighted by Crippen LogP contribution is 2.32. The van der Waals surface area contributed by atoms with E-state index in [4.69, 9.17) is 14.2 Å². The molecule has 7 nitrogen and oxygen atoms in total. The number of likely N-dealkylation sites (N-methyl/N-ethyl adjacent to an activating group) is 1. The highest BCUT2D eigenvalue weighted by molar-refractivity contribution is 5.95. The maximum atomic E-state index is 12.9. The smallest absolute Gasteiger partial charge is 0.306 e. The Morgan fingerprint density at radius 3 is 2.38 bits per heavy atom. The predicted molar refractivity (Wildman–Crippen MR) is 132 cm³/mol. The molecule has 2 aromatic carbocycles. The summed E-state index contributed by atoms with van der Waals surface area (Å²) in [5.74, 6) is 0.635. The van der Waals surface area contributed by atoms with Gasteiger partial charge >= 0.3 is 5.97 Å². The Morgan fingerprint density at radius 2 is 1.71 bits per heavy atom. The first-order valence-corrected chi connectivity index (χ1v) is 12.0. The van der Waals surface area contributed by atoms with Crippen LogP contribution in [0.3, 0.4) is 0 Å². The van der Waals surface area contributed by atoms with Crippen LogP contribution in [0.25, 0.3) is 11.1 Å². The summed E-state index contributed by atoms with van der Waals surface area (Å²) < 4.78 is 16.3. The van der Waals surface area contributed by atoms with Crippen molar-refractivity contribution in [2.75, 3.05) is 60.2 Å². The zero-order valence-electron chi connectivity index (χ0n) is 20.5. The first kappa shape index (κ1) is 25.7. The van der Waals surface area contributed by atoms with Gasteiger partial charge in [0, 0.05) is 63.9 Å². The molecule has 0 spiro atoms. The van der Waals surface area contributed by atoms with E-state index in [-0.39, 0.29) is 11.9 Å². The van der Waals surface area contributed by atoms with Crippen molar-refractivity contribution in [3.8, 4) is 16.9 Å². The molecule has 1 heterocycles. The SMILES string of the molecule is CCOC(=O)CCc1ccc(-c2ccc(C(=O)N3CCN(C)CC3)cc2)c(OCCCOC)c1. The monoisotopic (exact) mass is 468 g/mol. The van der Waals surface area contributed by atoms with Crippen LogP contribution in [0.5, 0.6) is 5.75 Å². The van der Waals surface area contributed by atoms with Gasteiger partial charge in [-0.25, -0.2) is 0 Å². The Morgan fingerprint density at radius 1 is 0.971 bits per heavy atom. The lowest BCUT2D eigenvalue weighted by Gasteiger charge is -2.32. The second-order valence-corrected chi connectivity index (χ2v) is 8.50. The van der Waals surface area contributed by atoms with E-state index < -0.39 is 0 Å². The van der Waals surface area contributed by atoms with Crippen molar-refractivity contribution in [1.29, 1.82) is 0 Å². The van der Waals surface area contributed by atoms with Crippen molar-refractivity contribution in [3.63, 3.8) is 0 Å². The van der Waals surface area contributed by atoms with Crippen LogP contribution in [0.2, 0.25) is 0 Å². The molecule has 0 unspecified atom stereocenters. The fourth-order valence-corrected chi connectivity index (χ4v) is 3.93. The van der Waals surface area contributed by atoms with E-state index in [2.05, 4.69) is 11.9 Å². The standard InChI is InChI=1S/C27H36N2O5/c1-4-33-26(30)13-7-21-6-12-24(25(20-21)34-19-5-18-32-3)22-8-10-23(11-9-22)27(31)29-16-14-28(2)15-17-29/h6,8-12,20H,4-5,7,13-19H2,1-3H3. The van der Waals surface area contributed by atoms with Gasteiger partial charge in [-0.1, -0.05) is 24.3 Å². The topological polar surface area (TPSA) is 68.3 Å². The largest absolute Gasteiger partial charge is 0.493 e. The van der Waals surface area contributed by atoms with Gasteiger partial charge in [-0.3, -0.25) is 9.59 Å². The Hall–Kier alpha value is -2.90. The Balaban J connectivity index is 1.75. The Kier molecular flexibility index (Phi) is 9.91. The summed E-state index contributed by atoms with van der Waals surface area (Å²) in [4.78, 5) is 28.8. The molecule has 1 aliphatic heterocycles. The lowest BCUT2D eigenvalue weighted by Crippen LogP contribution is -2.47. The third-order valence-electron chi connectivity index (χ3n) is 5.95. The lowest BCUT2D eigenvalue weighted by molar-refractivity contribution is -0.143. The molecule has 0 atom stereocenters. The van der Waals surface area contributed by atoms with Crippen molar-refractivity contribution >= 4 is 11.9 Å². The predicted octanol–water partition coefficient (Wildman–Crippen LogP) is 3.65. The van der Waals surface area contributed by atoms with E-state index >= 15 is 0 Å². The molecule has 1 amide bonds. The van der Waals surface area contributed by atoms with Crippen LogP contribution in [0.4, 0.5) is 0 Å². The van der Waals surface area contributed by atoms with Gasteiger partial charge in [-0.15, -0.1) is 0 Å². The number of benzene rings is 2. The minimum Gasteiger partial charge on any atom is -0.493 e. The number of carbonyl (C=O) groups excluding carboxylic acids is 2. The van der Waals surface area contributed by atoms with E-state index in [0.29, 0.717) is 38.2 Å². The lowest BCUT2D eigenvalue weighted by atomic mass is 9.99. The van der Waals surface area contributed by atoms with Gasteiger partial charge in [-0.05, 0) is 49.7 Å². The van der Waals surface area contributed by atoms with Crippen molar-refractivity contribution in [3.05, 3.63) is 53.6 Å². The molecular formula is C27H36N2O5. The minimum atomic E-state index is -0.199. The quantitative estimate of drug-likeness (QED) is 0.370. The zero-order chi connectivity index (χ0) is 24.3. The minimum absolute atomic E-state index is 0.0741. The van der Waals surface area contributed by atoms with Crippen LogP contribution in [0.1, 0.15) is 35.7 Å². The number of amides is 1. The van der Waals surface area contributed by atoms with E-state index in [1.165, 1.54) is 0 Å². The molecule has 7 heteroatoms. The van der Waals surface area contributed by atoms with Crippen molar-refractivity contribution in [2.24, 2.45) is 0 Å². The Labute approximate surface area is 202 Å². The molecule has 1 saturated heterocycles. The van der Waals surface area contributed by atoms with Crippen LogP contribution in [0, 0.1) is 0 Å². The number of esters is 1. The molecule has 0 N–H and O–H groups in total. The van der Waals surface area contributed by atoms with Gasteiger partial charge in [0.1, 0.15) is 5.75 Å². The maximum Gasteiger partial charge on any atom is 0.306 e. The number of ether oxygens (including phenoxy) is 3. The molecule has 0 bridgehead atoms. The van der Waals surface area contributed by atoms with Gasteiger partial charge in [0.15, 0.2) is 0 Å². The summed E-state index contributed by atoms with van der Waals surface area (Å²) in [6, 6.07) is 13.7. The van der Waals surface area contributed by atoms with Crippen LogP contribution in [-0.2, 0) is 20.7 Å². The summed E-state index contributed by atoms with van der Waals surface area (Å²) in [5.41, 5.74) is 3.65. The molecule has 2 aromatic rings. The van der Waals surface area contributed by atoms with Gasteiger partial charge in [0.25, 0.3) is 5.91 Å². The highest BCUT2D eigenvalue weighted by Gasteiger charge is 2.20. The summed E-state index contributed by atoms with van der Waals surface area (Å²) in [6.07, 6.45) is 1.70. The van der Waals surface area contributed by atoms with E-state index in [1.54, 1.807) is 7.11 Å². The molecule has 184 valence electrons. The van der Waals surface area contributed by atoms with Crippen molar-refractivity contribution in [1.82, 2.24) is 9.80 Å². The molecule has 3 rings (SSSR count). The number of nitrogens with zero attached hydrogens (tertiary/aromatic N) is 2. The molecular weight excluding hydrogens is 432 g/mol. The number of rotatable bonds is 11. The average Bonchev–Trinajstić information content (AvgIpc) is 2.86. The van der Waals surface area contributed by atoms with Gasteiger partial charge in [-0.2, -0.15) is 0 Å². The maximum absolute atomic E-state index is 12.9. The van der Waals surface area contributed by atoms with E-state index in [0.717, 1.165) is 55.0 Å². The Bertz CT molecular complexity index is 937. The third kappa shape index (κ3) is 7.30. The van der Waals surface area contributed by atoms with Crippen LogP contribution in [0.15, 0.2) is 42.5 Å². The summed E-state index contributed by atoms with van der Waals surface area (Å²) in [7, 11) is 3.75. The fourth-order valence-electron chi connectivity index (χ4n) is 3.93. The van der Waals surface area contributed by atoms with Crippen LogP contribution in [-0.4, -0.2) is 81.8 Å². The van der Waals surface area contributed by atoms with Gasteiger partial charge in [0.2, 0.25) is 0 Å². The van der Waals surface area contributed by atoms with Crippen molar-refractivity contribution < 1.29 is 23.8 Å². The molecule has 0 saturated carbocycles. The highest BCUT2D eigenvalue weighted by atomic mass is 16.5. The molecule has 1 aliphatic rings. The van der Waals surface area contributed by atoms with Crippen molar-refractivity contribution in [2.45, 2.75) is 26.2 Å². The summed E-state index contributed by atoms with van der Waals surface area (Å²) >= 11 is 0. The fraction of sp³-hybridized carbons (Fsp3) is 0.481. The molecule has 0 aromatic heterocycles. The van der Waals surface area contributed by atoms with Gasteiger partial charge in [0.05, 0.1) is 13.2 Å². The number of methoxy groups -OCH3 is 1. The third-order valence-corrected chi connectivity index (χ3v) is 5.95. The number of carbonyl (C=O) groups is 2. The molecule has 0 radical (unpaired) electrons. The first-order valence-electron chi connectivity index (χ1n) is 12.0. The number of aryl methyl sites for hydroxylation is 1. The summed E-state index contributed by atoms with van der Waals surface area (Å²) in [5, 5.41) is 0. The zero-order valence-corrected chi connectivity index (χ0v) is 20.5. The van der Waals surface area contributed by atoms with Crippen LogP contribution < -0.4 is 4.74 Å². The van der Waals surface area contributed by atoms with E-state index in [1.807, 2.05) is 54.3 Å². The number of hydrogen-bond acceptors (Lipinski definition) is 6. The molecule has 34 heavy (non-hydrogen) atoms. The molecule has 1 fully saturated rings. The number of piperazine rings is 1. The normalized spacial score (nSPS) is 14.1. The van der Waals surface area contributed by atoms with Gasteiger partial charge < -0.3 is 24.0 Å². The van der Waals surface area contributed by atoms with Crippen LogP contribution >= 0.6 is 0 Å². The average molecular weight is 469 g/mol. The number of hydrogen-bond donors (Lipinski definition) is 0. The first-order chi connectivity index (χ1) is 16.5. The second-order valence-electron chi connectivity index (χ2n) is 8.50. The summed E-state index contributed by atoms with van der Waals surface area (Å²) in [6.45, 7) is 6.66. The second kappa shape index (κ2) is 13.1. The molecule has 0 aliphatic carbocycles. The van der Waals surface area contributed by atoms with E-state index in [9.17, 15) is 9.59 Å².